The Hall–Kier alpha value is -3.61. The van der Waals surface area contributed by atoms with E-state index in [1.54, 1.807) is 0 Å². The van der Waals surface area contributed by atoms with Crippen molar-refractivity contribution in [3.05, 3.63) is 63.7 Å². The predicted molar refractivity (Wildman–Crippen MR) is 83.8 cm³/mol. The van der Waals surface area contributed by atoms with Gasteiger partial charge in [0.15, 0.2) is 6.61 Å². The second-order valence-corrected chi connectivity index (χ2v) is 4.99. The van der Waals surface area contributed by atoms with E-state index in [9.17, 15) is 28.1 Å². The minimum atomic E-state index is -4.60. The van der Waals surface area contributed by atoms with E-state index < -0.39 is 34.9 Å². The molecule has 0 fully saturated rings. The van der Waals surface area contributed by atoms with Crippen molar-refractivity contribution in [2.24, 2.45) is 0 Å². The van der Waals surface area contributed by atoms with Crippen molar-refractivity contribution in [2.75, 3.05) is 11.9 Å². The second kappa shape index (κ2) is 7.52. The van der Waals surface area contributed by atoms with Crippen molar-refractivity contribution in [1.82, 2.24) is 0 Å². The Balaban J connectivity index is 2.30. The van der Waals surface area contributed by atoms with E-state index in [2.05, 4.69) is 10.1 Å². The molecule has 134 valence electrons. The Labute approximate surface area is 144 Å². The number of hydrogen-bond acceptors (Lipinski definition) is 5. The number of rotatable bonds is 5. The van der Waals surface area contributed by atoms with Gasteiger partial charge in [0.2, 0.25) is 0 Å². The minimum absolute atomic E-state index is 0.199. The normalized spacial score (nSPS) is 10.7. The fourth-order valence-electron chi connectivity index (χ4n) is 1.98. The van der Waals surface area contributed by atoms with E-state index >= 15 is 0 Å². The van der Waals surface area contributed by atoms with Crippen molar-refractivity contribution >= 4 is 17.3 Å². The number of nitro groups is 1. The summed E-state index contributed by atoms with van der Waals surface area (Å²) in [5, 5.41) is 22.3. The van der Waals surface area contributed by atoms with Crippen LogP contribution in [0, 0.1) is 21.4 Å². The quantitative estimate of drug-likeness (QED) is 0.643. The molecule has 0 bridgehead atoms. The third-order valence-electron chi connectivity index (χ3n) is 3.06. The molecule has 0 aliphatic heterocycles. The van der Waals surface area contributed by atoms with E-state index in [-0.39, 0.29) is 17.0 Å². The highest BCUT2D eigenvalue weighted by molar-refractivity contribution is 6.07. The summed E-state index contributed by atoms with van der Waals surface area (Å²) in [5.41, 5.74) is -0.625. The summed E-state index contributed by atoms with van der Waals surface area (Å²) >= 11 is 0. The maximum absolute atomic E-state index is 12.3. The topological polar surface area (TPSA) is 105 Å². The van der Waals surface area contributed by atoms with Gasteiger partial charge in [0.1, 0.15) is 11.3 Å². The molecule has 0 spiro atoms. The number of nitrogens with one attached hydrogen (secondary N) is 1. The first-order valence-corrected chi connectivity index (χ1v) is 6.99. The smallest absolute Gasteiger partial charge is 0.422 e. The lowest BCUT2D eigenvalue weighted by atomic mass is 10.1. The molecule has 1 N–H and O–H groups in total. The number of hydrogen-bond donors (Lipinski definition) is 1. The highest BCUT2D eigenvalue weighted by Crippen LogP contribution is 2.26. The zero-order valence-electron chi connectivity index (χ0n) is 12.9. The van der Waals surface area contributed by atoms with Crippen LogP contribution in [0.1, 0.15) is 15.9 Å². The van der Waals surface area contributed by atoms with Gasteiger partial charge in [0.25, 0.3) is 11.6 Å². The Bertz CT molecular complexity index is 891. The first kappa shape index (κ1) is 18.7. The van der Waals surface area contributed by atoms with Gasteiger partial charge in [-0.25, -0.2) is 0 Å². The summed E-state index contributed by atoms with van der Waals surface area (Å²) in [6.07, 6.45) is -4.60. The summed E-state index contributed by atoms with van der Waals surface area (Å²) < 4.78 is 41.2. The average molecular weight is 365 g/mol. The Morgan fingerprint density at radius 2 is 2.00 bits per heavy atom. The van der Waals surface area contributed by atoms with Gasteiger partial charge in [-0.1, -0.05) is 6.07 Å². The molecule has 0 radical (unpaired) electrons. The zero-order valence-corrected chi connectivity index (χ0v) is 12.9. The largest absolute Gasteiger partial charge is 0.484 e. The van der Waals surface area contributed by atoms with Crippen LogP contribution in [0.5, 0.6) is 5.75 Å². The molecule has 0 atom stereocenters. The maximum Gasteiger partial charge on any atom is 0.422 e. The van der Waals surface area contributed by atoms with E-state index in [0.717, 1.165) is 18.2 Å². The molecule has 2 aromatic rings. The molecule has 26 heavy (non-hydrogen) atoms. The predicted octanol–water partition coefficient (Wildman–Crippen LogP) is 3.66. The number of halogens is 3. The van der Waals surface area contributed by atoms with Crippen LogP contribution in [0.3, 0.4) is 0 Å². The van der Waals surface area contributed by atoms with Crippen LogP contribution in [0.2, 0.25) is 0 Å². The van der Waals surface area contributed by atoms with Gasteiger partial charge in [0.05, 0.1) is 16.6 Å². The number of anilines is 1. The molecular weight excluding hydrogens is 355 g/mol. The minimum Gasteiger partial charge on any atom is -0.484 e. The van der Waals surface area contributed by atoms with Crippen LogP contribution in [0.25, 0.3) is 0 Å². The molecule has 0 aromatic heterocycles. The number of carbonyl (C=O) groups excluding carboxylic acids is 1. The zero-order chi connectivity index (χ0) is 19.3. The van der Waals surface area contributed by atoms with Crippen molar-refractivity contribution in [2.45, 2.75) is 6.18 Å². The van der Waals surface area contributed by atoms with Crippen molar-refractivity contribution in [3.8, 4) is 11.8 Å². The lowest BCUT2D eigenvalue weighted by Gasteiger charge is -2.11. The summed E-state index contributed by atoms with van der Waals surface area (Å²) in [4.78, 5) is 22.5. The van der Waals surface area contributed by atoms with Gasteiger partial charge in [-0.15, -0.1) is 0 Å². The third-order valence-corrected chi connectivity index (χ3v) is 3.06. The number of nitriles is 1. The van der Waals surface area contributed by atoms with E-state index in [4.69, 9.17) is 5.26 Å². The molecule has 0 aliphatic carbocycles. The van der Waals surface area contributed by atoms with Crippen molar-refractivity contribution in [3.63, 3.8) is 0 Å². The number of nitro benzene ring substituents is 1. The van der Waals surface area contributed by atoms with Gasteiger partial charge < -0.3 is 10.1 Å². The molecule has 0 saturated carbocycles. The molecule has 1 amide bonds. The van der Waals surface area contributed by atoms with Gasteiger partial charge in [-0.3, -0.25) is 14.9 Å². The van der Waals surface area contributed by atoms with Crippen molar-refractivity contribution < 1.29 is 27.6 Å². The van der Waals surface area contributed by atoms with E-state index in [1.807, 2.05) is 6.07 Å². The van der Waals surface area contributed by atoms with Gasteiger partial charge in [0, 0.05) is 11.8 Å². The number of ether oxygens (including phenoxy) is 1. The summed E-state index contributed by atoms with van der Waals surface area (Å²) in [6.45, 7) is -1.60. The average Bonchev–Trinajstić information content (AvgIpc) is 2.59. The van der Waals surface area contributed by atoms with Crippen LogP contribution in [0.4, 0.5) is 24.5 Å². The summed E-state index contributed by atoms with van der Waals surface area (Å²) in [5.74, 6) is -1.27. The monoisotopic (exact) mass is 365 g/mol. The van der Waals surface area contributed by atoms with Crippen LogP contribution in [-0.2, 0) is 0 Å². The molecule has 0 aliphatic rings. The Morgan fingerprint density at radius 3 is 2.62 bits per heavy atom. The summed E-state index contributed by atoms with van der Waals surface area (Å²) in [6, 6.07) is 10.3. The van der Waals surface area contributed by atoms with Crippen LogP contribution < -0.4 is 10.1 Å². The van der Waals surface area contributed by atoms with Gasteiger partial charge in [-0.2, -0.15) is 18.4 Å². The number of nitrogens with zero attached hydrogens (tertiary/aromatic N) is 2. The molecule has 2 aromatic carbocycles. The number of benzene rings is 2. The lowest BCUT2D eigenvalue weighted by molar-refractivity contribution is -0.385. The fraction of sp³-hybridized carbons (Fsp3) is 0.125. The van der Waals surface area contributed by atoms with Crippen LogP contribution >= 0.6 is 0 Å². The third kappa shape index (κ3) is 4.94. The molecule has 0 saturated heterocycles. The number of carbonyl (C=O) groups is 1. The molecule has 0 unspecified atom stereocenters. The van der Waals surface area contributed by atoms with E-state index in [0.29, 0.717) is 0 Å². The van der Waals surface area contributed by atoms with E-state index in [1.165, 1.54) is 24.3 Å². The number of amides is 1. The summed E-state index contributed by atoms with van der Waals surface area (Å²) in [7, 11) is 0. The first-order valence-electron chi connectivity index (χ1n) is 6.99. The Kier molecular flexibility index (Phi) is 5.42. The molecule has 10 heteroatoms. The lowest BCUT2D eigenvalue weighted by Crippen LogP contribution is -2.20. The van der Waals surface area contributed by atoms with Gasteiger partial charge in [-0.05, 0) is 30.3 Å². The van der Waals surface area contributed by atoms with Crippen LogP contribution in [0.15, 0.2) is 42.5 Å². The Morgan fingerprint density at radius 1 is 1.27 bits per heavy atom. The second-order valence-electron chi connectivity index (χ2n) is 4.99. The maximum atomic E-state index is 12.3. The highest BCUT2D eigenvalue weighted by atomic mass is 19.4. The SMILES string of the molecule is N#Cc1cccc(NC(=O)c2cc(OCC(F)(F)F)ccc2[N+](=O)[O-])c1. The van der Waals surface area contributed by atoms with Crippen LogP contribution in [-0.4, -0.2) is 23.6 Å². The van der Waals surface area contributed by atoms with Crippen molar-refractivity contribution in [1.29, 1.82) is 5.26 Å². The van der Waals surface area contributed by atoms with Gasteiger partial charge >= 0.3 is 6.18 Å². The highest BCUT2D eigenvalue weighted by Gasteiger charge is 2.29. The molecular formula is C16H10F3N3O4. The molecule has 7 nitrogen and oxygen atoms in total. The number of alkyl halides is 3. The molecule has 0 heterocycles. The fourth-order valence-corrected chi connectivity index (χ4v) is 1.98. The first-order chi connectivity index (χ1) is 12.2. The molecule has 2 rings (SSSR count). The standard InChI is InChI=1S/C16H10F3N3O4/c17-16(18,19)9-26-12-4-5-14(22(24)25)13(7-12)15(23)21-11-3-1-2-10(6-11)8-20/h1-7H,9H2,(H,21,23).